The average molecular weight is 354 g/mol. The van der Waals surface area contributed by atoms with Gasteiger partial charge in [0.2, 0.25) is 5.91 Å². The predicted octanol–water partition coefficient (Wildman–Crippen LogP) is 2.97. The van der Waals surface area contributed by atoms with E-state index in [0.29, 0.717) is 29.4 Å². The Morgan fingerprint density at radius 3 is 2.54 bits per heavy atom. The number of likely N-dealkylation sites (N-methyl/N-ethyl adjacent to an activating group) is 1. The van der Waals surface area contributed by atoms with Crippen molar-refractivity contribution < 1.29 is 19.1 Å². The molecule has 0 heterocycles. The van der Waals surface area contributed by atoms with Crippen molar-refractivity contribution >= 4 is 17.5 Å². The predicted molar refractivity (Wildman–Crippen MR) is 101 cm³/mol. The fourth-order valence-corrected chi connectivity index (χ4v) is 2.26. The molecule has 26 heavy (non-hydrogen) atoms. The maximum atomic E-state index is 12.4. The number of nitrogens with zero attached hydrogens (tertiary/aromatic N) is 1. The molecule has 2 amide bonds. The Kier molecular flexibility index (Phi) is 6.79. The molecule has 0 saturated heterocycles. The van der Waals surface area contributed by atoms with E-state index in [0.717, 1.165) is 0 Å². The van der Waals surface area contributed by atoms with Crippen molar-refractivity contribution in [3.05, 3.63) is 66.7 Å². The van der Waals surface area contributed by atoms with Crippen LogP contribution in [-0.2, 0) is 4.79 Å². The van der Waals surface area contributed by atoms with Crippen LogP contribution >= 0.6 is 0 Å². The molecule has 2 aromatic carbocycles. The largest absolute Gasteiger partial charge is 0.497 e. The van der Waals surface area contributed by atoms with Crippen LogP contribution in [0.5, 0.6) is 11.5 Å². The van der Waals surface area contributed by atoms with E-state index in [1.54, 1.807) is 68.8 Å². The third kappa shape index (κ3) is 5.37. The molecule has 0 fully saturated rings. The first-order valence-corrected chi connectivity index (χ1v) is 8.06. The summed E-state index contributed by atoms with van der Waals surface area (Å²) >= 11 is 0. The van der Waals surface area contributed by atoms with Crippen molar-refractivity contribution in [2.45, 2.75) is 0 Å². The molecule has 0 radical (unpaired) electrons. The maximum Gasteiger partial charge on any atom is 0.254 e. The van der Waals surface area contributed by atoms with Crippen LogP contribution in [0.25, 0.3) is 0 Å². The van der Waals surface area contributed by atoms with Crippen LogP contribution in [0, 0.1) is 0 Å². The Bertz CT molecular complexity index is 772. The summed E-state index contributed by atoms with van der Waals surface area (Å²) in [5, 5.41) is 2.74. The van der Waals surface area contributed by atoms with Gasteiger partial charge in [0.25, 0.3) is 5.91 Å². The van der Waals surface area contributed by atoms with Crippen LogP contribution in [0.1, 0.15) is 10.4 Å². The van der Waals surface area contributed by atoms with E-state index in [4.69, 9.17) is 9.47 Å². The van der Waals surface area contributed by atoms with Crippen LogP contribution in [0.3, 0.4) is 0 Å². The molecular weight excluding hydrogens is 332 g/mol. The van der Waals surface area contributed by atoms with Gasteiger partial charge in [0.05, 0.1) is 13.7 Å². The highest BCUT2D eigenvalue weighted by Gasteiger charge is 2.15. The molecule has 0 unspecified atom stereocenters. The van der Waals surface area contributed by atoms with Crippen LogP contribution in [0.2, 0.25) is 0 Å². The Hall–Kier alpha value is -3.28. The van der Waals surface area contributed by atoms with E-state index in [-0.39, 0.29) is 18.4 Å². The average Bonchev–Trinajstić information content (AvgIpc) is 2.66. The molecule has 0 saturated carbocycles. The third-order valence-corrected chi connectivity index (χ3v) is 3.55. The highest BCUT2D eigenvalue weighted by Crippen LogP contribution is 2.17. The lowest BCUT2D eigenvalue weighted by atomic mass is 10.2. The lowest BCUT2D eigenvalue weighted by Gasteiger charge is -2.17. The van der Waals surface area contributed by atoms with Crippen LogP contribution in [0.4, 0.5) is 5.69 Å². The fourth-order valence-electron chi connectivity index (χ4n) is 2.26. The zero-order chi connectivity index (χ0) is 18.9. The van der Waals surface area contributed by atoms with Crippen molar-refractivity contribution in [2.24, 2.45) is 0 Å². The SMILES string of the molecule is C=CCOc1ccc(C(=O)N(C)CC(=O)Nc2cccc(OC)c2)cc1. The van der Waals surface area contributed by atoms with Crippen molar-refractivity contribution in [1.82, 2.24) is 4.90 Å². The number of methoxy groups -OCH3 is 1. The zero-order valence-corrected chi connectivity index (χ0v) is 14.9. The molecule has 0 atom stereocenters. The molecule has 0 bridgehead atoms. The number of benzene rings is 2. The first-order chi connectivity index (χ1) is 12.5. The summed E-state index contributed by atoms with van der Waals surface area (Å²) in [5.41, 5.74) is 1.09. The molecule has 0 spiro atoms. The van der Waals surface area contributed by atoms with E-state index in [1.165, 1.54) is 4.90 Å². The molecule has 6 nitrogen and oxygen atoms in total. The summed E-state index contributed by atoms with van der Waals surface area (Å²) in [6.45, 7) is 3.92. The van der Waals surface area contributed by atoms with E-state index in [9.17, 15) is 9.59 Å². The lowest BCUT2D eigenvalue weighted by Crippen LogP contribution is -2.34. The minimum atomic E-state index is -0.292. The first-order valence-electron chi connectivity index (χ1n) is 8.06. The molecule has 2 rings (SSSR count). The monoisotopic (exact) mass is 354 g/mol. The molecule has 6 heteroatoms. The van der Waals surface area contributed by atoms with Crippen LogP contribution in [-0.4, -0.2) is 44.0 Å². The Balaban J connectivity index is 1.93. The summed E-state index contributed by atoms with van der Waals surface area (Å²) < 4.78 is 10.5. The van der Waals surface area contributed by atoms with Gasteiger partial charge in [-0.05, 0) is 36.4 Å². The van der Waals surface area contributed by atoms with Gasteiger partial charge in [0.15, 0.2) is 0 Å². The number of carbonyl (C=O) groups is 2. The van der Waals surface area contributed by atoms with Gasteiger partial charge in [-0.25, -0.2) is 0 Å². The number of rotatable bonds is 8. The molecule has 136 valence electrons. The number of anilines is 1. The number of hydrogen-bond acceptors (Lipinski definition) is 4. The smallest absolute Gasteiger partial charge is 0.254 e. The molecule has 2 aromatic rings. The van der Waals surface area contributed by atoms with E-state index >= 15 is 0 Å². The maximum absolute atomic E-state index is 12.4. The third-order valence-electron chi connectivity index (χ3n) is 3.55. The van der Waals surface area contributed by atoms with Gasteiger partial charge in [-0.15, -0.1) is 0 Å². The van der Waals surface area contributed by atoms with Crippen molar-refractivity contribution in [3.8, 4) is 11.5 Å². The second-order valence-electron chi connectivity index (χ2n) is 5.57. The second-order valence-corrected chi connectivity index (χ2v) is 5.57. The van der Waals surface area contributed by atoms with E-state index in [2.05, 4.69) is 11.9 Å². The molecule has 0 aliphatic heterocycles. The van der Waals surface area contributed by atoms with Gasteiger partial charge in [-0.2, -0.15) is 0 Å². The Labute approximate surface area is 153 Å². The zero-order valence-electron chi connectivity index (χ0n) is 14.9. The molecular formula is C20H22N2O4. The summed E-state index contributed by atoms with van der Waals surface area (Å²) in [5.74, 6) is 0.756. The summed E-state index contributed by atoms with van der Waals surface area (Å²) in [6, 6.07) is 13.8. The van der Waals surface area contributed by atoms with Crippen molar-refractivity contribution in [1.29, 1.82) is 0 Å². The van der Waals surface area contributed by atoms with Gasteiger partial charge in [-0.3, -0.25) is 9.59 Å². The van der Waals surface area contributed by atoms with Crippen molar-refractivity contribution in [3.63, 3.8) is 0 Å². The minimum absolute atomic E-state index is 0.0647. The topological polar surface area (TPSA) is 67.9 Å². The molecule has 1 N–H and O–H groups in total. The van der Waals surface area contributed by atoms with E-state index in [1.807, 2.05) is 0 Å². The number of ether oxygens (including phenoxy) is 2. The van der Waals surface area contributed by atoms with Crippen molar-refractivity contribution in [2.75, 3.05) is 32.6 Å². The Morgan fingerprint density at radius 2 is 1.88 bits per heavy atom. The van der Waals surface area contributed by atoms with E-state index < -0.39 is 0 Å². The fraction of sp³-hybridized carbons (Fsp3) is 0.200. The van der Waals surface area contributed by atoms with Gasteiger partial charge < -0.3 is 19.7 Å². The lowest BCUT2D eigenvalue weighted by molar-refractivity contribution is -0.116. The summed E-state index contributed by atoms with van der Waals surface area (Å²) in [7, 11) is 3.14. The van der Waals surface area contributed by atoms with Gasteiger partial charge in [0.1, 0.15) is 18.1 Å². The highest BCUT2D eigenvalue weighted by atomic mass is 16.5. The quantitative estimate of drug-likeness (QED) is 0.740. The number of amides is 2. The standard InChI is InChI=1S/C20H22N2O4/c1-4-12-26-17-10-8-15(9-11-17)20(24)22(2)14-19(23)21-16-6-5-7-18(13-16)25-3/h4-11,13H,1,12,14H2,2-3H3,(H,21,23). The normalized spacial score (nSPS) is 9.92. The highest BCUT2D eigenvalue weighted by molar-refractivity contribution is 5.99. The van der Waals surface area contributed by atoms with Crippen LogP contribution < -0.4 is 14.8 Å². The van der Waals surface area contributed by atoms with Gasteiger partial charge in [0, 0.05) is 24.4 Å². The number of nitrogens with one attached hydrogen (secondary N) is 1. The van der Waals surface area contributed by atoms with Gasteiger partial charge >= 0.3 is 0 Å². The number of hydrogen-bond donors (Lipinski definition) is 1. The number of carbonyl (C=O) groups excluding carboxylic acids is 2. The molecule has 0 aromatic heterocycles. The second kappa shape index (κ2) is 9.27. The van der Waals surface area contributed by atoms with Crippen LogP contribution in [0.15, 0.2) is 61.2 Å². The molecule has 0 aliphatic rings. The summed E-state index contributed by atoms with van der Waals surface area (Å²) in [6.07, 6.45) is 1.65. The summed E-state index contributed by atoms with van der Waals surface area (Å²) in [4.78, 5) is 25.9. The first kappa shape index (κ1) is 19.1. The minimum Gasteiger partial charge on any atom is -0.497 e. The van der Waals surface area contributed by atoms with Gasteiger partial charge in [-0.1, -0.05) is 18.7 Å². The Morgan fingerprint density at radius 1 is 1.15 bits per heavy atom. The molecule has 0 aliphatic carbocycles.